The monoisotopic (exact) mass is 387 g/mol. The number of hydrogen-bond acceptors (Lipinski definition) is 5. The quantitative estimate of drug-likeness (QED) is 0.545. The van der Waals surface area contributed by atoms with E-state index in [0.29, 0.717) is 5.95 Å². The van der Waals surface area contributed by atoms with Gasteiger partial charge in [-0.1, -0.05) is 36.4 Å². The summed E-state index contributed by atoms with van der Waals surface area (Å²) >= 11 is 0. The van der Waals surface area contributed by atoms with E-state index >= 15 is 0 Å². The van der Waals surface area contributed by atoms with Crippen LogP contribution in [0.25, 0.3) is 16.9 Å². The number of fused-ring (bicyclic) bond motifs is 1. The van der Waals surface area contributed by atoms with Crippen molar-refractivity contribution >= 4 is 22.7 Å². The SMILES string of the molecule is CCN(C)c1nc(-n2cc(C(=O)O)cn2)nc2ccc(Cc3ccccc3)cc12. The molecule has 2 aromatic carbocycles. The topological polar surface area (TPSA) is 84.1 Å². The van der Waals surface area contributed by atoms with Gasteiger partial charge >= 0.3 is 5.97 Å². The van der Waals surface area contributed by atoms with E-state index in [2.05, 4.69) is 46.3 Å². The number of hydrogen-bond donors (Lipinski definition) is 1. The summed E-state index contributed by atoms with van der Waals surface area (Å²) in [4.78, 5) is 22.5. The van der Waals surface area contributed by atoms with E-state index in [1.54, 1.807) is 0 Å². The zero-order valence-corrected chi connectivity index (χ0v) is 16.3. The number of carbonyl (C=O) groups is 1. The Morgan fingerprint density at radius 3 is 2.59 bits per heavy atom. The molecule has 0 unspecified atom stereocenters. The Bertz CT molecular complexity index is 1170. The van der Waals surface area contributed by atoms with Crippen molar-refractivity contribution in [1.82, 2.24) is 19.7 Å². The number of rotatable bonds is 6. The van der Waals surface area contributed by atoms with E-state index in [1.165, 1.54) is 28.2 Å². The molecule has 0 atom stereocenters. The lowest BCUT2D eigenvalue weighted by Gasteiger charge is -2.19. The first-order valence-electron chi connectivity index (χ1n) is 9.39. The number of aromatic nitrogens is 4. The minimum absolute atomic E-state index is 0.0947. The minimum atomic E-state index is -1.03. The van der Waals surface area contributed by atoms with Crippen LogP contribution in [0.2, 0.25) is 0 Å². The van der Waals surface area contributed by atoms with E-state index in [1.807, 2.05) is 36.2 Å². The molecule has 4 aromatic rings. The van der Waals surface area contributed by atoms with Gasteiger partial charge in [-0.15, -0.1) is 0 Å². The smallest absolute Gasteiger partial charge is 0.338 e. The van der Waals surface area contributed by atoms with Crippen LogP contribution < -0.4 is 4.90 Å². The molecule has 0 amide bonds. The second-order valence-electron chi connectivity index (χ2n) is 6.85. The first-order valence-corrected chi connectivity index (χ1v) is 9.39. The fourth-order valence-electron chi connectivity index (χ4n) is 3.17. The van der Waals surface area contributed by atoms with Gasteiger partial charge in [0.25, 0.3) is 5.95 Å². The Hall–Kier alpha value is -3.74. The van der Waals surface area contributed by atoms with Gasteiger partial charge in [0.05, 0.1) is 17.3 Å². The van der Waals surface area contributed by atoms with Crippen molar-refractivity contribution in [2.75, 3.05) is 18.5 Å². The lowest BCUT2D eigenvalue weighted by Crippen LogP contribution is -2.19. The standard InChI is InChI=1S/C22H21N5O2/c1-3-26(2)20-18-12-16(11-15-7-5-4-6-8-15)9-10-19(18)24-22(25-20)27-14-17(13-23-27)21(28)29/h4-10,12-14H,3,11H2,1-2H3,(H,28,29). The Kier molecular flexibility index (Phi) is 4.95. The molecule has 0 aliphatic rings. The highest BCUT2D eigenvalue weighted by molar-refractivity contribution is 5.91. The third-order valence-electron chi connectivity index (χ3n) is 4.85. The van der Waals surface area contributed by atoms with E-state index in [-0.39, 0.29) is 5.56 Å². The van der Waals surface area contributed by atoms with Crippen molar-refractivity contribution in [1.29, 1.82) is 0 Å². The van der Waals surface area contributed by atoms with Crippen LogP contribution in [0, 0.1) is 0 Å². The van der Waals surface area contributed by atoms with Crippen LogP contribution in [0.3, 0.4) is 0 Å². The average molecular weight is 387 g/mol. The molecule has 1 N–H and O–H groups in total. The first-order chi connectivity index (χ1) is 14.0. The molecule has 0 aliphatic heterocycles. The van der Waals surface area contributed by atoms with Crippen LogP contribution in [-0.4, -0.2) is 44.4 Å². The summed E-state index contributed by atoms with van der Waals surface area (Å²) < 4.78 is 1.40. The van der Waals surface area contributed by atoms with Crippen molar-refractivity contribution in [2.24, 2.45) is 0 Å². The predicted molar refractivity (Wildman–Crippen MR) is 112 cm³/mol. The van der Waals surface area contributed by atoms with Crippen molar-refractivity contribution in [3.8, 4) is 5.95 Å². The van der Waals surface area contributed by atoms with E-state index in [4.69, 9.17) is 5.11 Å². The van der Waals surface area contributed by atoms with Gasteiger partial charge < -0.3 is 10.0 Å². The maximum absolute atomic E-state index is 11.2. The second kappa shape index (κ2) is 7.71. The first kappa shape index (κ1) is 18.6. The number of carboxylic acids is 1. The molecular formula is C22H21N5O2. The van der Waals surface area contributed by atoms with Crippen molar-refractivity contribution in [2.45, 2.75) is 13.3 Å². The Morgan fingerprint density at radius 1 is 1.10 bits per heavy atom. The highest BCUT2D eigenvalue weighted by Crippen LogP contribution is 2.26. The van der Waals surface area contributed by atoms with E-state index in [9.17, 15) is 4.79 Å². The fraction of sp³-hybridized carbons (Fsp3) is 0.182. The van der Waals surface area contributed by atoms with Crippen LogP contribution in [-0.2, 0) is 6.42 Å². The minimum Gasteiger partial charge on any atom is -0.478 e. The summed E-state index contributed by atoms with van der Waals surface area (Å²) in [7, 11) is 1.97. The number of carboxylic acid groups (broad SMARTS) is 1. The van der Waals surface area contributed by atoms with Gasteiger partial charge in [-0.2, -0.15) is 10.1 Å². The molecule has 0 aliphatic carbocycles. The van der Waals surface area contributed by atoms with Crippen LogP contribution in [0.5, 0.6) is 0 Å². The summed E-state index contributed by atoms with van der Waals surface area (Å²) in [6.07, 6.45) is 3.54. The predicted octanol–water partition coefficient (Wildman–Crippen LogP) is 3.56. The Morgan fingerprint density at radius 2 is 1.90 bits per heavy atom. The third kappa shape index (κ3) is 3.80. The molecule has 2 heterocycles. The highest BCUT2D eigenvalue weighted by atomic mass is 16.4. The number of aromatic carboxylic acids is 1. The molecule has 0 saturated carbocycles. The number of anilines is 1. The molecule has 0 radical (unpaired) electrons. The normalized spacial score (nSPS) is 11.0. The third-order valence-corrected chi connectivity index (χ3v) is 4.85. The summed E-state index contributed by atoms with van der Waals surface area (Å²) in [5.41, 5.74) is 3.30. The summed E-state index contributed by atoms with van der Waals surface area (Å²) in [5.74, 6) is 0.0967. The van der Waals surface area contributed by atoms with Crippen molar-refractivity contribution < 1.29 is 9.90 Å². The van der Waals surface area contributed by atoms with Crippen LogP contribution in [0.4, 0.5) is 5.82 Å². The van der Waals surface area contributed by atoms with Crippen LogP contribution in [0.1, 0.15) is 28.4 Å². The van der Waals surface area contributed by atoms with Crippen LogP contribution >= 0.6 is 0 Å². The molecule has 29 heavy (non-hydrogen) atoms. The second-order valence-corrected chi connectivity index (χ2v) is 6.85. The zero-order chi connectivity index (χ0) is 20.4. The summed E-state index contributed by atoms with van der Waals surface area (Å²) in [6, 6.07) is 16.5. The molecule has 7 nitrogen and oxygen atoms in total. The number of benzene rings is 2. The van der Waals surface area contributed by atoms with Gasteiger partial charge in [0.1, 0.15) is 5.82 Å². The van der Waals surface area contributed by atoms with Gasteiger partial charge in [0.2, 0.25) is 0 Å². The molecule has 0 saturated heterocycles. The molecule has 0 bridgehead atoms. The van der Waals surface area contributed by atoms with E-state index in [0.717, 1.165) is 29.7 Å². The van der Waals surface area contributed by atoms with Gasteiger partial charge in [-0.05, 0) is 36.6 Å². The van der Waals surface area contributed by atoms with Gasteiger partial charge in [0.15, 0.2) is 0 Å². The molecule has 0 spiro atoms. The van der Waals surface area contributed by atoms with Crippen molar-refractivity contribution in [3.63, 3.8) is 0 Å². The Labute approximate surface area is 168 Å². The Balaban J connectivity index is 1.80. The fourth-order valence-corrected chi connectivity index (χ4v) is 3.17. The maximum atomic E-state index is 11.2. The number of nitrogens with zero attached hydrogens (tertiary/aromatic N) is 5. The van der Waals surface area contributed by atoms with Crippen molar-refractivity contribution in [3.05, 3.63) is 77.6 Å². The molecule has 0 fully saturated rings. The molecule has 4 rings (SSSR count). The zero-order valence-electron chi connectivity index (χ0n) is 16.3. The molecular weight excluding hydrogens is 366 g/mol. The van der Waals surface area contributed by atoms with Gasteiger partial charge in [0, 0.05) is 25.2 Å². The van der Waals surface area contributed by atoms with Gasteiger partial charge in [-0.25, -0.2) is 14.5 Å². The highest BCUT2D eigenvalue weighted by Gasteiger charge is 2.15. The molecule has 7 heteroatoms. The molecule has 2 aromatic heterocycles. The van der Waals surface area contributed by atoms with E-state index < -0.39 is 5.97 Å². The summed E-state index contributed by atoms with van der Waals surface area (Å²) in [5, 5.41) is 14.2. The average Bonchev–Trinajstić information content (AvgIpc) is 3.24. The lowest BCUT2D eigenvalue weighted by atomic mass is 10.0. The molecule has 146 valence electrons. The lowest BCUT2D eigenvalue weighted by molar-refractivity contribution is 0.0697. The largest absolute Gasteiger partial charge is 0.478 e. The maximum Gasteiger partial charge on any atom is 0.338 e. The van der Waals surface area contributed by atoms with Crippen LogP contribution in [0.15, 0.2) is 60.9 Å². The summed E-state index contributed by atoms with van der Waals surface area (Å²) in [6.45, 7) is 2.83. The van der Waals surface area contributed by atoms with Gasteiger partial charge in [-0.3, -0.25) is 0 Å².